The van der Waals surface area contributed by atoms with Gasteiger partial charge in [0.15, 0.2) is 0 Å². The van der Waals surface area contributed by atoms with Gasteiger partial charge in [-0.05, 0) is 30.8 Å². The predicted molar refractivity (Wildman–Crippen MR) is 114 cm³/mol. The molecule has 1 atom stereocenters. The number of nitrogens with zero attached hydrogens (tertiary/aromatic N) is 4. The molecule has 3 rings (SSSR count). The monoisotopic (exact) mass is 424 g/mol. The van der Waals surface area contributed by atoms with Crippen molar-refractivity contribution in [2.75, 3.05) is 26.2 Å². The van der Waals surface area contributed by atoms with Crippen molar-refractivity contribution in [3.8, 4) is 0 Å². The molecule has 0 aliphatic carbocycles. The van der Waals surface area contributed by atoms with E-state index in [1.54, 1.807) is 6.07 Å². The second-order valence-corrected chi connectivity index (χ2v) is 7.11. The fourth-order valence-corrected chi connectivity index (χ4v) is 3.72. The minimum absolute atomic E-state index is 0.0868. The summed E-state index contributed by atoms with van der Waals surface area (Å²) in [6, 6.07) is 7.93. The van der Waals surface area contributed by atoms with Crippen molar-refractivity contribution in [3.63, 3.8) is 0 Å². The molecule has 9 nitrogen and oxygen atoms in total. The van der Waals surface area contributed by atoms with Crippen LogP contribution in [0.3, 0.4) is 0 Å². The van der Waals surface area contributed by atoms with Gasteiger partial charge in [-0.15, -0.1) is 0 Å². The quantitative estimate of drug-likeness (QED) is 0.228. The first-order valence-electron chi connectivity index (χ1n) is 10.0. The van der Waals surface area contributed by atoms with Crippen LogP contribution in [0.15, 0.2) is 54.4 Å². The lowest BCUT2D eigenvalue weighted by atomic mass is 9.95. The number of amides is 1. The summed E-state index contributed by atoms with van der Waals surface area (Å²) in [5, 5.41) is 22.2. The van der Waals surface area contributed by atoms with E-state index in [0.29, 0.717) is 17.7 Å². The van der Waals surface area contributed by atoms with Crippen molar-refractivity contribution in [2.45, 2.75) is 19.9 Å². The molecule has 0 bridgehead atoms. The van der Waals surface area contributed by atoms with E-state index in [1.807, 2.05) is 13.8 Å². The van der Waals surface area contributed by atoms with Crippen molar-refractivity contribution < 1.29 is 19.6 Å². The Morgan fingerprint density at radius 2 is 1.87 bits per heavy atom. The SMILES string of the molecule is CCN(CC)CCN1C(=O)C(=O)/C(=C(/O)c2ccncc2)[C@@H]1c1cccc([N+](=O)[O-])c1. The number of nitro groups is 1. The molecule has 9 heteroatoms. The number of ketones is 1. The molecule has 2 aromatic rings. The number of carbonyl (C=O) groups is 2. The summed E-state index contributed by atoms with van der Waals surface area (Å²) >= 11 is 0. The average Bonchev–Trinajstić information content (AvgIpc) is 3.05. The molecule has 1 amide bonds. The number of aromatic nitrogens is 1. The second-order valence-electron chi connectivity index (χ2n) is 7.11. The van der Waals surface area contributed by atoms with E-state index in [1.165, 1.54) is 47.6 Å². The zero-order valence-corrected chi connectivity index (χ0v) is 17.4. The van der Waals surface area contributed by atoms with Gasteiger partial charge in [-0.3, -0.25) is 24.7 Å². The highest BCUT2D eigenvalue weighted by molar-refractivity contribution is 6.46. The van der Waals surface area contributed by atoms with Crippen LogP contribution < -0.4 is 0 Å². The topological polar surface area (TPSA) is 117 Å². The zero-order valence-electron chi connectivity index (χ0n) is 17.4. The van der Waals surface area contributed by atoms with Crippen LogP contribution in [0.4, 0.5) is 5.69 Å². The highest BCUT2D eigenvalue weighted by Gasteiger charge is 2.46. The van der Waals surface area contributed by atoms with Gasteiger partial charge in [0.2, 0.25) is 0 Å². The van der Waals surface area contributed by atoms with Crippen molar-refractivity contribution in [1.82, 2.24) is 14.8 Å². The largest absolute Gasteiger partial charge is 0.507 e. The Labute approximate surface area is 179 Å². The lowest BCUT2D eigenvalue weighted by molar-refractivity contribution is -0.384. The van der Waals surface area contributed by atoms with Crippen molar-refractivity contribution in [3.05, 3.63) is 75.6 Å². The minimum Gasteiger partial charge on any atom is -0.507 e. The number of hydrogen-bond donors (Lipinski definition) is 1. The summed E-state index contributed by atoms with van der Waals surface area (Å²) in [4.78, 5) is 44.0. The molecule has 0 spiro atoms. The smallest absolute Gasteiger partial charge is 0.295 e. The standard InChI is InChI=1S/C22H24N4O5/c1-3-24(4-2)12-13-25-19(16-6-5-7-17(14-16)26(30)31)18(21(28)22(25)29)20(27)15-8-10-23-11-9-15/h5-11,14,19,27H,3-4,12-13H2,1-2H3/b20-18+/t19-/m0/s1. The van der Waals surface area contributed by atoms with E-state index in [4.69, 9.17) is 0 Å². The third kappa shape index (κ3) is 4.46. The molecule has 1 aromatic heterocycles. The Bertz CT molecular complexity index is 1020. The van der Waals surface area contributed by atoms with Gasteiger partial charge in [0, 0.05) is 43.2 Å². The van der Waals surface area contributed by atoms with Crippen LogP contribution in [0.2, 0.25) is 0 Å². The number of carbonyl (C=O) groups excluding carboxylic acids is 2. The van der Waals surface area contributed by atoms with Crippen molar-refractivity contribution >= 4 is 23.1 Å². The number of likely N-dealkylation sites (N-methyl/N-ethyl adjacent to an activating group) is 1. The fraction of sp³-hybridized carbons (Fsp3) is 0.318. The number of aliphatic hydroxyl groups excluding tert-OH is 1. The summed E-state index contributed by atoms with van der Waals surface area (Å²) in [6.45, 7) is 6.32. The maximum Gasteiger partial charge on any atom is 0.295 e. The maximum absolute atomic E-state index is 12.9. The predicted octanol–water partition coefficient (Wildman–Crippen LogP) is 2.75. The molecule has 1 fully saturated rings. The maximum atomic E-state index is 12.9. The van der Waals surface area contributed by atoms with Crippen molar-refractivity contribution in [1.29, 1.82) is 0 Å². The molecule has 0 saturated carbocycles. The van der Waals surface area contributed by atoms with E-state index < -0.39 is 22.7 Å². The molecule has 0 radical (unpaired) electrons. The Morgan fingerprint density at radius 1 is 1.19 bits per heavy atom. The highest BCUT2D eigenvalue weighted by Crippen LogP contribution is 2.40. The first-order valence-corrected chi connectivity index (χ1v) is 10.0. The molecule has 1 N–H and O–H groups in total. The second kappa shape index (κ2) is 9.48. The number of rotatable bonds is 8. The molecule has 31 heavy (non-hydrogen) atoms. The number of benzene rings is 1. The van der Waals surface area contributed by atoms with Gasteiger partial charge >= 0.3 is 0 Å². The van der Waals surface area contributed by atoms with Gasteiger partial charge in [-0.25, -0.2) is 0 Å². The number of aliphatic hydroxyl groups is 1. The van der Waals surface area contributed by atoms with Crippen LogP contribution >= 0.6 is 0 Å². The van der Waals surface area contributed by atoms with Gasteiger partial charge in [-0.2, -0.15) is 0 Å². The van der Waals surface area contributed by atoms with Gasteiger partial charge in [0.25, 0.3) is 17.4 Å². The van der Waals surface area contributed by atoms with E-state index in [-0.39, 0.29) is 23.6 Å². The van der Waals surface area contributed by atoms with E-state index in [9.17, 15) is 24.8 Å². The fourth-order valence-electron chi connectivity index (χ4n) is 3.72. The first kappa shape index (κ1) is 22.1. The number of likely N-dealkylation sites (tertiary alicyclic amines) is 1. The lowest BCUT2D eigenvalue weighted by Gasteiger charge is -2.28. The van der Waals surface area contributed by atoms with E-state index in [2.05, 4.69) is 9.88 Å². The molecule has 1 aliphatic rings. The molecule has 1 aromatic carbocycles. The summed E-state index contributed by atoms with van der Waals surface area (Å²) in [6.07, 6.45) is 2.93. The zero-order chi connectivity index (χ0) is 22.5. The Hall–Kier alpha value is -3.59. The molecule has 1 aliphatic heterocycles. The van der Waals surface area contributed by atoms with Gasteiger partial charge in [-0.1, -0.05) is 26.0 Å². The average molecular weight is 424 g/mol. The number of non-ortho nitro benzene ring substituents is 1. The van der Waals surface area contributed by atoms with Crippen LogP contribution in [0, 0.1) is 10.1 Å². The van der Waals surface area contributed by atoms with Crippen LogP contribution in [-0.4, -0.2) is 62.7 Å². The normalized spacial score (nSPS) is 18.0. The summed E-state index contributed by atoms with van der Waals surface area (Å²) in [5.41, 5.74) is 0.489. The molecule has 162 valence electrons. The van der Waals surface area contributed by atoms with Crippen LogP contribution in [0.5, 0.6) is 0 Å². The Balaban J connectivity index is 2.13. The summed E-state index contributed by atoms with van der Waals surface area (Å²) in [7, 11) is 0. The Kier molecular flexibility index (Phi) is 6.76. The Morgan fingerprint density at radius 3 is 2.48 bits per heavy atom. The number of nitro benzene ring substituents is 1. The highest BCUT2D eigenvalue weighted by atomic mass is 16.6. The van der Waals surface area contributed by atoms with Gasteiger partial charge < -0.3 is 14.9 Å². The van der Waals surface area contributed by atoms with Crippen molar-refractivity contribution in [2.24, 2.45) is 0 Å². The number of hydrogen-bond acceptors (Lipinski definition) is 7. The van der Waals surface area contributed by atoms with Gasteiger partial charge in [0.05, 0.1) is 16.5 Å². The van der Waals surface area contributed by atoms with Crippen LogP contribution in [0.1, 0.15) is 31.0 Å². The molecule has 1 saturated heterocycles. The van der Waals surface area contributed by atoms with Crippen LogP contribution in [0.25, 0.3) is 5.76 Å². The summed E-state index contributed by atoms with van der Waals surface area (Å²) in [5.74, 6) is -1.88. The lowest BCUT2D eigenvalue weighted by Crippen LogP contribution is -2.38. The van der Waals surface area contributed by atoms with Crippen LogP contribution in [-0.2, 0) is 9.59 Å². The number of Topliss-reactive ketones (excluding diaryl/α,β-unsaturated/α-hetero) is 1. The molecular formula is C22H24N4O5. The molecular weight excluding hydrogens is 400 g/mol. The minimum atomic E-state index is -0.927. The third-order valence-electron chi connectivity index (χ3n) is 5.44. The molecule has 0 unspecified atom stereocenters. The van der Waals surface area contributed by atoms with E-state index >= 15 is 0 Å². The van der Waals surface area contributed by atoms with Gasteiger partial charge in [0.1, 0.15) is 5.76 Å². The van der Waals surface area contributed by atoms with E-state index in [0.717, 1.165) is 13.1 Å². The molecule has 2 heterocycles. The third-order valence-corrected chi connectivity index (χ3v) is 5.44. The first-order chi connectivity index (χ1) is 14.9. The summed E-state index contributed by atoms with van der Waals surface area (Å²) < 4.78 is 0. The number of pyridine rings is 1.